The second kappa shape index (κ2) is 7.90. The molecule has 27 heavy (non-hydrogen) atoms. The molecule has 1 N–H and O–H groups in total. The molecule has 1 fully saturated rings. The van der Waals surface area contributed by atoms with Gasteiger partial charge in [0, 0.05) is 44.6 Å². The van der Waals surface area contributed by atoms with Crippen molar-refractivity contribution in [1.82, 2.24) is 19.4 Å². The summed E-state index contributed by atoms with van der Waals surface area (Å²) in [6, 6.07) is 20.2. The van der Waals surface area contributed by atoms with Gasteiger partial charge in [-0.2, -0.15) is 0 Å². The summed E-state index contributed by atoms with van der Waals surface area (Å²) >= 11 is 5.40. The third kappa shape index (κ3) is 3.86. The van der Waals surface area contributed by atoms with Gasteiger partial charge in [-0.1, -0.05) is 48.5 Å². The molecule has 1 aromatic heterocycles. The van der Waals surface area contributed by atoms with Crippen LogP contribution in [0.5, 0.6) is 0 Å². The maximum Gasteiger partial charge on any atom is 0.272 e. The van der Waals surface area contributed by atoms with E-state index in [1.165, 1.54) is 5.56 Å². The number of hydrogen-bond donors (Lipinski definition) is 1. The minimum atomic E-state index is 0.0190. The maximum atomic E-state index is 13.1. The van der Waals surface area contributed by atoms with Crippen LogP contribution >= 0.6 is 12.2 Å². The number of para-hydroxylation sites is 1. The Morgan fingerprint density at radius 1 is 0.926 bits per heavy atom. The van der Waals surface area contributed by atoms with Crippen LogP contribution in [-0.2, 0) is 6.54 Å². The van der Waals surface area contributed by atoms with Crippen LogP contribution in [0.25, 0.3) is 5.69 Å². The average molecular weight is 379 g/mol. The molecular formula is C21H22N4OS. The monoisotopic (exact) mass is 378 g/mol. The first-order valence-corrected chi connectivity index (χ1v) is 9.54. The summed E-state index contributed by atoms with van der Waals surface area (Å²) in [5, 5.41) is 0. The van der Waals surface area contributed by atoms with Gasteiger partial charge in [0.05, 0.1) is 0 Å². The molecule has 0 aliphatic carbocycles. The van der Waals surface area contributed by atoms with Crippen molar-refractivity contribution in [3.63, 3.8) is 0 Å². The minimum absolute atomic E-state index is 0.0190. The van der Waals surface area contributed by atoms with Gasteiger partial charge >= 0.3 is 0 Å². The molecule has 1 aliphatic heterocycles. The molecule has 1 saturated heterocycles. The van der Waals surface area contributed by atoms with Crippen LogP contribution in [0.3, 0.4) is 0 Å². The van der Waals surface area contributed by atoms with E-state index in [1.54, 1.807) is 6.20 Å². The number of H-pyrrole nitrogens is 1. The number of carbonyl (C=O) groups excluding carboxylic acids is 1. The van der Waals surface area contributed by atoms with E-state index in [0.717, 1.165) is 38.4 Å². The van der Waals surface area contributed by atoms with Crippen LogP contribution in [-0.4, -0.2) is 51.4 Å². The summed E-state index contributed by atoms with van der Waals surface area (Å²) in [7, 11) is 0. The number of amides is 1. The summed E-state index contributed by atoms with van der Waals surface area (Å²) < 4.78 is 2.35. The van der Waals surface area contributed by atoms with E-state index >= 15 is 0 Å². The van der Waals surface area contributed by atoms with Crippen molar-refractivity contribution in [1.29, 1.82) is 0 Å². The van der Waals surface area contributed by atoms with Crippen LogP contribution in [0.2, 0.25) is 0 Å². The normalized spacial score (nSPS) is 15.0. The summed E-state index contributed by atoms with van der Waals surface area (Å²) in [5.74, 6) is 0.0190. The van der Waals surface area contributed by atoms with Gasteiger partial charge in [-0.15, -0.1) is 0 Å². The zero-order chi connectivity index (χ0) is 18.6. The van der Waals surface area contributed by atoms with Crippen molar-refractivity contribution in [2.45, 2.75) is 6.54 Å². The van der Waals surface area contributed by atoms with Crippen LogP contribution in [0.4, 0.5) is 0 Å². The third-order valence-corrected chi connectivity index (χ3v) is 5.22. The molecule has 138 valence electrons. The lowest BCUT2D eigenvalue weighted by molar-refractivity contribution is 0.0620. The van der Waals surface area contributed by atoms with Crippen LogP contribution in [0.15, 0.2) is 66.9 Å². The molecule has 5 nitrogen and oxygen atoms in total. The van der Waals surface area contributed by atoms with Gasteiger partial charge in [0.15, 0.2) is 4.77 Å². The first-order chi connectivity index (χ1) is 13.2. The summed E-state index contributed by atoms with van der Waals surface area (Å²) in [6.07, 6.45) is 1.72. The Morgan fingerprint density at radius 3 is 2.22 bits per heavy atom. The summed E-state index contributed by atoms with van der Waals surface area (Å²) in [4.78, 5) is 20.4. The standard InChI is InChI=1S/C21H22N4OS/c26-20(19-15-22-21(27)25(19)18-9-5-2-6-10-18)24-13-11-23(12-14-24)16-17-7-3-1-4-8-17/h1-10,15H,11-14,16H2,(H,22,27). The number of carbonyl (C=O) groups is 1. The molecule has 3 aromatic rings. The van der Waals surface area contributed by atoms with E-state index in [0.29, 0.717) is 10.5 Å². The van der Waals surface area contributed by atoms with Gasteiger partial charge < -0.3 is 9.88 Å². The van der Waals surface area contributed by atoms with Crippen molar-refractivity contribution in [2.24, 2.45) is 0 Å². The molecule has 0 spiro atoms. The topological polar surface area (TPSA) is 44.3 Å². The first kappa shape index (κ1) is 17.7. The molecule has 1 amide bonds. The fourth-order valence-electron chi connectivity index (χ4n) is 3.47. The molecule has 0 atom stereocenters. The van der Waals surface area contributed by atoms with E-state index in [4.69, 9.17) is 12.2 Å². The zero-order valence-electron chi connectivity index (χ0n) is 15.0. The minimum Gasteiger partial charge on any atom is -0.336 e. The van der Waals surface area contributed by atoms with E-state index in [9.17, 15) is 4.79 Å². The third-order valence-electron chi connectivity index (χ3n) is 4.92. The Hall–Kier alpha value is -2.70. The lowest BCUT2D eigenvalue weighted by atomic mass is 10.2. The van der Waals surface area contributed by atoms with Crippen molar-refractivity contribution in [3.05, 3.63) is 82.9 Å². The quantitative estimate of drug-likeness (QED) is 0.707. The Bertz CT molecular complexity index is 957. The molecule has 4 rings (SSSR count). The predicted molar refractivity (Wildman–Crippen MR) is 109 cm³/mol. The summed E-state index contributed by atoms with van der Waals surface area (Å²) in [5.41, 5.74) is 2.79. The van der Waals surface area contributed by atoms with Crippen LogP contribution < -0.4 is 0 Å². The number of nitrogens with zero attached hydrogens (tertiary/aromatic N) is 3. The van der Waals surface area contributed by atoms with Crippen LogP contribution in [0.1, 0.15) is 16.1 Å². The second-order valence-corrected chi connectivity index (χ2v) is 7.09. The molecular weight excluding hydrogens is 356 g/mol. The highest BCUT2D eigenvalue weighted by Crippen LogP contribution is 2.16. The number of imidazole rings is 1. The molecule has 1 aliphatic rings. The zero-order valence-corrected chi connectivity index (χ0v) is 15.9. The SMILES string of the molecule is O=C(c1c[nH]c(=S)n1-c1ccccc1)N1CCN(Cc2ccccc2)CC1. The molecule has 0 radical (unpaired) electrons. The lowest BCUT2D eigenvalue weighted by Gasteiger charge is -2.34. The average Bonchev–Trinajstić information content (AvgIpc) is 3.11. The van der Waals surface area contributed by atoms with Gasteiger partial charge in [0.1, 0.15) is 5.69 Å². The predicted octanol–water partition coefficient (Wildman–Crippen LogP) is 3.49. The van der Waals surface area contributed by atoms with Crippen molar-refractivity contribution in [2.75, 3.05) is 26.2 Å². The largest absolute Gasteiger partial charge is 0.336 e. The molecule has 6 heteroatoms. The molecule has 0 saturated carbocycles. The Kier molecular flexibility index (Phi) is 5.18. The molecule has 2 aromatic carbocycles. The van der Waals surface area contributed by atoms with Crippen molar-refractivity contribution >= 4 is 18.1 Å². The fraction of sp³-hybridized carbons (Fsp3) is 0.238. The number of benzene rings is 2. The first-order valence-electron chi connectivity index (χ1n) is 9.14. The van der Waals surface area contributed by atoms with Crippen molar-refractivity contribution in [3.8, 4) is 5.69 Å². The van der Waals surface area contributed by atoms with Gasteiger partial charge in [-0.3, -0.25) is 14.3 Å². The van der Waals surface area contributed by atoms with Gasteiger partial charge in [-0.05, 0) is 29.9 Å². The van der Waals surface area contributed by atoms with E-state index in [2.05, 4.69) is 34.1 Å². The fourth-order valence-corrected chi connectivity index (χ4v) is 3.73. The molecule has 2 heterocycles. The smallest absolute Gasteiger partial charge is 0.272 e. The molecule has 0 bridgehead atoms. The Morgan fingerprint density at radius 2 is 1.56 bits per heavy atom. The van der Waals surface area contributed by atoms with Crippen molar-refractivity contribution < 1.29 is 4.79 Å². The van der Waals surface area contributed by atoms with E-state index < -0.39 is 0 Å². The van der Waals surface area contributed by atoms with Gasteiger partial charge in [0.2, 0.25) is 0 Å². The number of aromatic nitrogens is 2. The van der Waals surface area contributed by atoms with Gasteiger partial charge in [0.25, 0.3) is 5.91 Å². The Balaban J connectivity index is 1.45. The van der Waals surface area contributed by atoms with Gasteiger partial charge in [-0.25, -0.2) is 0 Å². The van der Waals surface area contributed by atoms with E-state index in [1.807, 2.05) is 45.9 Å². The molecule has 0 unspecified atom stereocenters. The second-order valence-electron chi connectivity index (χ2n) is 6.70. The highest BCUT2D eigenvalue weighted by atomic mass is 32.1. The number of hydrogen-bond acceptors (Lipinski definition) is 3. The lowest BCUT2D eigenvalue weighted by Crippen LogP contribution is -2.48. The van der Waals surface area contributed by atoms with Crippen LogP contribution in [0, 0.1) is 4.77 Å². The number of nitrogens with one attached hydrogen (secondary N) is 1. The highest BCUT2D eigenvalue weighted by Gasteiger charge is 2.25. The number of piperazine rings is 1. The maximum absolute atomic E-state index is 13.1. The Labute approximate surface area is 163 Å². The van der Waals surface area contributed by atoms with E-state index in [-0.39, 0.29) is 5.91 Å². The highest BCUT2D eigenvalue weighted by molar-refractivity contribution is 7.71. The number of rotatable bonds is 4. The summed E-state index contributed by atoms with van der Waals surface area (Å²) in [6.45, 7) is 4.11. The number of aromatic amines is 1.